The van der Waals surface area contributed by atoms with E-state index in [9.17, 15) is 4.79 Å². The van der Waals surface area contributed by atoms with E-state index in [0.29, 0.717) is 11.9 Å². The summed E-state index contributed by atoms with van der Waals surface area (Å²) in [5, 5.41) is 2.88. The van der Waals surface area contributed by atoms with E-state index in [0.717, 1.165) is 12.8 Å². The number of rotatable bonds is 3. The molecule has 0 heterocycles. The second-order valence-electron chi connectivity index (χ2n) is 2.84. The smallest absolute Gasteiger partial charge is 0.224 e. The Balaban J connectivity index is 2.18. The van der Waals surface area contributed by atoms with Crippen molar-refractivity contribution in [1.29, 1.82) is 0 Å². The molecule has 0 radical (unpaired) electrons. The zero-order valence-electron chi connectivity index (χ0n) is 6.06. The lowest BCUT2D eigenvalue weighted by Crippen LogP contribution is -2.31. The second kappa shape index (κ2) is 3.24. The van der Waals surface area contributed by atoms with Crippen molar-refractivity contribution in [2.75, 3.05) is 5.88 Å². The van der Waals surface area contributed by atoms with Gasteiger partial charge in [0.15, 0.2) is 0 Å². The first-order chi connectivity index (χ1) is 4.74. The first-order valence-electron chi connectivity index (χ1n) is 3.60. The van der Waals surface area contributed by atoms with E-state index >= 15 is 0 Å². The molecule has 1 rings (SSSR count). The van der Waals surface area contributed by atoms with Crippen molar-refractivity contribution >= 4 is 17.5 Å². The van der Waals surface area contributed by atoms with Crippen LogP contribution in [0.3, 0.4) is 0 Å². The highest BCUT2D eigenvalue weighted by Crippen LogP contribution is 2.19. The predicted octanol–water partition coefficient (Wildman–Crippen LogP) is 1.14. The van der Waals surface area contributed by atoms with E-state index in [4.69, 9.17) is 11.6 Å². The predicted molar refractivity (Wildman–Crippen MR) is 41.0 cm³/mol. The van der Waals surface area contributed by atoms with E-state index in [1.54, 1.807) is 0 Å². The van der Waals surface area contributed by atoms with Gasteiger partial charge in [0.25, 0.3) is 0 Å². The van der Waals surface area contributed by atoms with Gasteiger partial charge in [-0.05, 0) is 12.8 Å². The molecule has 0 aliphatic heterocycles. The molecular weight excluding hydrogens is 150 g/mol. The minimum atomic E-state index is -0.0396. The number of hydrogen-bond acceptors (Lipinski definition) is 1. The van der Waals surface area contributed by atoms with Gasteiger partial charge < -0.3 is 5.32 Å². The average Bonchev–Trinajstić information content (AvgIpc) is 2.70. The molecule has 0 aromatic rings. The Kier molecular flexibility index (Phi) is 2.55. The number of hydrogen-bond donors (Lipinski definition) is 1. The fraction of sp³-hybridized carbons (Fsp3) is 0.857. The van der Waals surface area contributed by atoms with Crippen molar-refractivity contribution in [2.45, 2.75) is 25.8 Å². The third-order valence-electron chi connectivity index (χ3n) is 1.60. The summed E-state index contributed by atoms with van der Waals surface area (Å²) in [4.78, 5) is 11.0. The molecule has 2 nitrogen and oxygen atoms in total. The lowest BCUT2D eigenvalue weighted by Gasteiger charge is -2.06. The summed E-state index contributed by atoms with van der Waals surface area (Å²) in [5.41, 5.74) is 0. The average molecular weight is 162 g/mol. The topological polar surface area (TPSA) is 29.1 Å². The Hall–Kier alpha value is -0.240. The molecule has 1 N–H and O–H groups in total. The molecule has 1 amide bonds. The lowest BCUT2D eigenvalue weighted by atomic mass is 10.2. The standard InChI is InChI=1S/C7H12ClNO/c1-5(4-8)7(10)9-6-2-3-6/h5-6H,2-4H2,1H3,(H,9,10). The number of carbonyl (C=O) groups excluding carboxylic acids is 1. The summed E-state index contributed by atoms with van der Waals surface area (Å²) in [5.74, 6) is 0.471. The fourth-order valence-electron chi connectivity index (χ4n) is 0.641. The monoisotopic (exact) mass is 161 g/mol. The van der Waals surface area contributed by atoms with Crippen LogP contribution in [0.15, 0.2) is 0 Å². The van der Waals surface area contributed by atoms with Gasteiger partial charge in [-0.1, -0.05) is 6.92 Å². The van der Waals surface area contributed by atoms with Crippen LogP contribution in [0.1, 0.15) is 19.8 Å². The normalized spacial score (nSPS) is 20.2. The van der Waals surface area contributed by atoms with Crippen LogP contribution in [0.5, 0.6) is 0 Å². The zero-order valence-corrected chi connectivity index (χ0v) is 6.82. The number of alkyl halides is 1. The molecule has 1 unspecified atom stereocenters. The van der Waals surface area contributed by atoms with Gasteiger partial charge in [-0.3, -0.25) is 4.79 Å². The quantitative estimate of drug-likeness (QED) is 0.618. The first-order valence-corrected chi connectivity index (χ1v) is 4.14. The Morgan fingerprint density at radius 1 is 1.80 bits per heavy atom. The van der Waals surface area contributed by atoms with Crippen LogP contribution in [0, 0.1) is 5.92 Å². The molecule has 0 aromatic heterocycles. The maximum absolute atomic E-state index is 11.0. The van der Waals surface area contributed by atoms with Crippen molar-refractivity contribution in [3.05, 3.63) is 0 Å². The first kappa shape index (κ1) is 7.86. The van der Waals surface area contributed by atoms with Gasteiger partial charge in [-0.15, -0.1) is 11.6 Å². The highest BCUT2D eigenvalue weighted by molar-refractivity contribution is 6.19. The lowest BCUT2D eigenvalue weighted by molar-refractivity contribution is -0.124. The largest absolute Gasteiger partial charge is 0.353 e. The van der Waals surface area contributed by atoms with Gasteiger partial charge in [0.1, 0.15) is 0 Å². The minimum Gasteiger partial charge on any atom is -0.353 e. The Labute approximate surface area is 65.9 Å². The summed E-state index contributed by atoms with van der Waals surface area (Å²) < 4.78 is 0. The van der Waals surface area contributed by atoms with Crippen molar-refractivity contribution in [1.82, 2.24) is 5.32 Å². The van der Waals surface area contributed by atoms with Gasteiger partial charge in [0, 0.05) is 17.8 Å². The van der Waals surface area contributed by atoms with E-state index < -0.39 is 0 Å². The molecule has 3 heteroatoms. The van der Waals surface area contributed by atoms with Crippen molar-refractivity contribution in [3.8, 4) is 0 Å². The molecule has 1 aliphatic rings. The molecule has 0 bridgehead atoms. The van der Waals surface area contributed by atoms with Crippen LogP contribution in [0.2, 0.25) is 0 Å². The van der Waals surface area contributed by atoms with Gasteiger partial charge in [-0.25, -0.2) is 0 Å². The maximum atomic E-state index is 11.0. The summed E-state index contributed by atoms with van der Waals surface area (Å²) in [7, 11) is 0. The van der Waals surface area contributed by atoms with Crippen LogP contribution in [0.4, 0.5) is 0 Å². The maximum Gasteiger partial charge on any atom is 0.224 e. The summed E-state index contributed by atoms with van der Waals surface area (Å²) in [6.45, 7) is 1.84. The molecule has 10 heavy (non-hydrogen) atoms. The Morgan fingerprint density at radius 3 is 2.80 bits per heavy atom. The summed E-state index contributed by atoms with van der Waals surface area (Å²) in [6, 6.07) is 0.457. The molecule has 0 saturated heterocycles. The van der Waals surface area contributed by atoms with Crippen LogP contribution < -0.4 is 5.32 Å². The van der Waals surface area contributed by atoms with Gasteiger partial charge in [0.2, 0.25) is 5.91 Å². The molecule has 1 saturated carbocycles. The third-order valence-corrected chi connectivity index (χ3v) is 2.07. The van der Waals surface area contributed by atoms with Gasteiger partial charge >= 0.3 is 0 Å². The van der Waals surface area contributed by atoms with E-state index in [2.05, 4.69) is 5.32 Å². The van der Waals surface area contributed by atoms with Crippen molar-refractivity contribution < 1.29 is 4.79 Å². The van der Waals surface area contributed by atoms with E-state index in [-0.39, 0.29) is 11.8 Å². The SMILES string of the molecule is CC(CCl)C(=O)NC1CC1. The number of nitrogens with one attached hydrogen (secondary N) is 1. The van der Waals surface area contributed by atoms with Crippen molar-refractivity contribution in [2.24, 2.45) is 5.92 Å². The van der Waals surface area contributed by atoms with E-state index in [1.165, 1.54) is 0 Å². The fourth-order valence-corrected chi connectivity index (χ4v) is 0.781. The molecule has 1 atom stereocenters. The Bertz CT molecular complexity index is 134. The molecule has 0 aromatic carbocycles. The van der Waals surface area contributed by atoms with Crippen LogP contribution in [0.25, 0.3) is 0 Å². The zero-order chi connectivity index (χ0) is 7.56. The van der Waals surface area contributed by atoms with Crippen molar-refractivity contribution in [3.63, 3.8) is 0 Å². The summed E-state index contributed by atoms with van der Waals surface area (Å²) >= 11 is 5.49. The Morgan fingerprint density at radius 2 is 2.40 bits per heavy atom. The van der Waals surface area contributed by atoms with Crippen LogP contribution in [-0.2, 0) is 4.79 Å². The van der Waals surface area contributed by atoms with Crippen LogP contribution >= 0.6 is 11.6 Å². The number of amides is 1. The second-order valence-corrected chi connectivity index (χ2v) is 3.15. The molecule has 0 spiro atoms. The van der Waals surface area contributed by atoms with Crippen LogP contribution in [-0.4, -0.2) is 17.8 Å². The minimum absolute atomic E-state index is 0.0396. The molecule has 58 valence electrons. The van der Waals surface area contributed by atoms with Gasteiger partial charge in [-0.2, -0.15) is 0 Å². The van der Waals surface area contributed by atoms with E-state index in [1.807, 2.05) is 6.92 Å². The third kappa shape index (κ3) is 2.18. The highest BCUT2D eigenvalue weighted by Gasteiger charge is 2.24. The molecule has 1 fully saturated rings. The molecule has 1 aliphatic carbocycles. The highest BCUT2D eigenvalue weighted by atomic mass is 35.5. The molecular formula is C7H12ClNO. The number of halogens is 1. The van der Waals surface area contributed by atoms with Gasteiger partial charge in [0.05, 0.1) is 0 Å². The summed E-state index contributed by atoms with van der Waals surface area (Å²) in [6.07, 6.45) is 2.28. The number of carbonyl (C=O) groups is 1.